The van der Waals surface area contributed by atoms with E-state index in [4.69, 9.17) is 21.1 Å². The summed E-state index contributed by atoms with van der Waals surface area (Å²) >= 11 is 0. The number of rotatable bonds is 9. The van der Waals surface area contributed by atoms with Crippen molar-refractivity contribution in [3.8, 4) is 0 Å². The number of aliphatic hydroxyl groups is 2. The Hall–Kier alpha value is -1.71. The topological polar surface area (TPSA) is 162 Å². The van der Waals surface area contributed by atoms with Crippen LogP contribution in [0.2, 0.25) is 0 Å². The van der Waals surface area contributed by atoms with E-state index in [1.807, 2.05) is 13.8 Å². The van der Waals surface area contributed by atoms with Crippen molar-refractivity contribution < 1.29 is 29.7 Å². The molecule has 0 aromatic carbocycles. The molecule has 0 rings (SSSR count). The molecule has 0 fully saturated rings. The predicted octanol–water partition coefficient (Wildman–Crippen LogP) is -2.60. The van der Waals surface area contributed by atoms with Crippen LogP contribution < -0.4 is 16.4 Å². The van der Waals surface area contributed by atoms with Crippen LogP contribution in [0.3, 0.4) is 0 Å². The number of aliphatic hydroxyl groups excluding tert-OH is 2. The minimum atomic E-state index is -1.45. The molecule has 0 bridgehead atoms. The number of amides is 2. The highest BCUT2D eigenvalue weighted by Gasteiger charge is 2.27. The number of hydrogen-bond acceptors (Lipinski definition) is 6. The van der Waals surface area contributed by atoms with Gasteiger partial charge >= 0.3 is 5.97 Å². The number of nitrogens with one attached hydrogen (secondary N) is 2. The summed E-state index contributed by atoms with van der Waals surface area (Å²) in [5.41, 5.74) is 5.34. The maximum Gasteiger partial charge on any atom is 0.328 e. The van der Waals surface area contributed by atoms with Gasteiger partial charge in [0.2, 0.25) is 11.8 Å². The highest BCUT2D eigenvalue weighted by Crippen LogP contribution is 2.06. The first-order valence-corrected chi connectivity index (χ1v) is 6.53. The summed E-state index contributed by atoms with van der Waals surface area (Å²) in [5, 5.41) is 30.9. The molecule has 122 valence electrons. The van der Waals surface area contributed by atoms with E-state index in [9.17, 15) is 14.4 Å². The molecule has 9 heteroatoms. The molecule has 0 radical (unpaired) electrons. The molecule has 0 spiro atoms. The van der Waals surface area contributed by atoms with Crippen molar-refractivity contribution in [1.82, 2.24) is 10.6 Å². The summed E-state index contributed by atoms with van der Waals surface area (Å²) in [6.07, 6.45) is 0.257. The molecular formula is C12H23N3O6. The van der Waals surface area contributed by atoms with Gasteiger partial charge in [-0.2, -0.15) is 0 Å². The monoisotopic (exact) mass is 305 g/mol. The first-order valence-electron chi connectivity index (χ1n) is 6.53. The molecule has 3 atom stereocenters. The fourth-order valence-corrected chi connectivity index (χ4v) is 1.52. The van der Waals surface area contributed by atoms with Crippen molar-refractivity contribution in [2.24, 2.45) is 11.7 Å². The van der Waals surface area contributed by atoms with Gasteiger partial charge in [0.1, 0.15) is 18.1 Å². The van der Waals surface area contributed by atoms with E-state index in [-0.39, 0.29) is 12.3 Å². The van der Waals surface area contributed by atoms with E-state index in [1.165, 1.54) is 0 Å². The Bertz CT molecular complexity index is 374. The molecule has 0 aliphatic heterocycles. The van der Waals surface area contributed by atoms with Crippen molar-refractivity contribution in [2.45, 2.75) is 38.4 Å². The standard InChI is InChI=1S/C12H23N3O6/c1-6(2)3-8(14-10(18)7(13)4-16)11(19)15-9(5-17)12(20)21/h6-9,16-17H,3-5,13H2,1-2H3,(H,14,18)(H,15,19)(H,20,21)/t7-,8-,9-/m0/s1. The molecule has 0 saturated heterocycles. The molecule has 0 aliphatic carbocycles. The maximum atomic E-state index is 12.0. The minimum absolute atomic E-state index is 0.0452. The minimum Gasteiger partial charge on any atom is -0.480 e. The third-order valence-electron chi connectivity index (χ3n) is 2.67. The van der Waals surface area contributed by atoms with Gasteiger partial charge in [0.15, 0.2) is 0 Å². The molecule has 0 aromatic rings. The van der Waals surface area contributed by atoms with Crippen molar-refractivity contribution >= 4 is 17.8 Å². The van der Waals surface area contributed by atoms with Gasteiger partial charge < -0.3 is 31.7 Å². The second-order valence-corrected chi connectivity index (χ2v) is 5.06. The van der Waals surface area contributed by atoms with Crippen LogP contribution in [0, 0.1) is 5.92 Å². The van der Waals surface area contributed by atoms with Gasteiger partial charge in [-0.1, -0.05) is 13.8 Å². The van der Waals surface area contributed by atoms with Gasteiger partial charge in [0.05, 0.1) is 13.2 Å². The van der Waals surface area contributed by atoms with Crippen LogP contribution in [-0.2, 0) is 14.4 Å². The Morgan fingerprint density at radius 3 is 1.90 bits per heavy atom. The van der Waals surface area contributed by atoms with Crippen LogP contribution in [0.15, 0.2) is 0 Å². The Balaban J connectivity index is 4.84. The lowest BCUT2D eigenvalue weighted by Crippen LogP contribution is -2.56. The number of hydrogen-bond donors (Lipinski definition) is 6. The fraction of sp³-hybridized carbons (Fsp3) is 0.750. The highest BCUT2D eigenvalue weighted by molar-refractivity contribution is 5.91. The predicted molar refractivity (Wildman–Crippen MR) is 73.1 cm³/mol. The second kappa shape index (κ2) is 9.27. The van der Waals surface area contributed by atoms with E-state index in [2.05, 4.69) is 10.6 Å². The third-order valence-corrected chi connectivity index (χ3v) is 2.67. The fourth-order valence-electron chi connectivity index (χ4n) is 1.52. The zero-order valence-corrected chi connectivity index (χ0v) is 12.1. The number of carboxylic acid groups (broad SMARTS) is 1. The molecular weight excluding hydrogens is 282 g/mol. The van der Waals surface area contributed by atoms with Gasteiger partial charge in [-0.25, -0.2) is 4.79 Å². The van der Waals surface area contributed by atoms with E-state index in [0.29, 0.717) is 0 Å². The van der Waals surface area contributed by atoms with Gasteiger partial charge in [-0.15, -0.1) is 0 Å². The number of nitrogens with two attached hydrogens (primary N) is 1. The Kier molecular flexibility index (Phi) is 8.51. The summed E-state index contributed by atoms with van der Waals surface area (Å²) in [7, 11) is 0. The van der Waals surface area contributed by atoms with Gasteiger partial charge in [-0.05, 0) is 12.3 Å². The third kappa shape index (κ3) is 7.02. The second-order valence-electron chi connectivity index (χ2n) is 5.06. The zero-order valence-electron chi connectivity index (χ0n) is 12.1. The average Bonchev–Trinajstić information content (AvgIpc) is 2.41. The van der Waals surface area contributed by atoms with Crippen LogP contribution in [-0.4, -0.2) is 64.4 Å². The molecule has 0 unspecified atom stereocenters. The number of carboxylic acids is 1. The Morgan fingerprint density at radius 1 is 1.00 bits per heavy atom. The van der Waals surface area contributed by atoms with Crippen LogP contribution in [0.4, 0.5) is 0 Å². The number of carbonyl (C=O) groups excluding carboxylic acids is 2. The SMILES string of the molecule is CC(C)C[C@H](NC(=O)[C@@H](N)CO)C(=O)N[C@@H](CO)C(=O)O. The number of carbonyl (C=O) groups is 3. The molecule has 2 amide bonds. The lowest BCUT2D eigenvalue weighted by atomic mass is 10.0. The summed E-state index contributed by atoms with van der Waals surface area (Å²) < 4.78 is 0. The lowest BCUT2D eigenvalue weighted by molar-refractivity contribution is -0.143. The van der Waals surface area contributed by atoms with E-state index >= 15 is 0 Å². The summed E-state index contributed by atoms with van der Waals surface area (Å²) in [6, 6.07) is -3.61. The van der Waals surface area contributed by atoms with E-state index in [1.54, 1.807) is 0 Å². The van der Waals surface area contributed by atoms with Crippen LogP contribution in [0.25, 0.3) is 0 Å². The largest absolute Gasteiger partial charge is 0.480 e. The molecule has 9 nitrogen and oxygen atoms in total. The van der Waals surface area contributed by atoms with Crippen molar-refractivity contribution in [1.29, 1.82) is 0 Å². The Labute approximate surface area is 122 Å². The van der Waals surface area contributed by atoms with Crippen molar-refractivity contribution in [2.75, 3.05) is 13.2 Å². The van der Waals surface area contributed by atoms with Crippen LogP contribution in [0.1, 0.15) is 20.3 Å². The summed E-state index contributed by atoms with van der Waals surface area (Å²) in [6.45, 7) is 2.30. The van der Waals surface area contributed by atoms with Crippen LogP contribution >= 0.6 is 0 Å². The van der Waals surface area contributed by atoms with E-state index < -0.39 is 49.1 Å². The average molecular weight is 305 g/mol. The zero-order chi connectivity index (χ0) is 16.6. The normalized spacial score (nSPS) is 15.1. The smallest absolute Gasteiger partial charge is 0.328 e. The van der Waals surface area contributed by atoms with Gasteiger partial charge in [0, 0.05) is 0 Å². The molecule has 0 heterocycles. The molecule has 0 aromatic heterocycles. The maximum absolute atomic E-state index is 12.0. The quantitative estimate of drug-likeness (QED) is 0.272. The van der Waals surface area contributed by atoms with Gasteiger partial charge in [-0.3, -0.25) is 9.59 Å². The molecule has 0 saturated carbocycles. The van der Waals surface area contributed by atoms with Gasteiger partial charge in [0.25, 0.3) is 0 Å². The lowest BCUT2D eigenvalue weighted by Gasteiger charge is -2.23. The molecule has 7 N–H and O–H groups in total. The number of aliphatic carboxylic acids is 1. The first-order chi connectivity index (χ1) is 9.72. The summed E-state index contributed by atoms with van der Waals surface area (Å²) in [4.78, 5) is 34.4. The van der Waals surface area contributed by atoms with Crippen LogP contribution in [0.5, 0.6) is 0 Å². The highest BCUT2D eigenvalue weighted by atomic mass is 16.4. The molecule has 21 heavy (non-hydrogen) atoms. The first kappa shape index (κ1) is 19.3. The molecule has 0 aliphatic rings. The summed E-state index contributed by atoms with van der Waals surface area (Å²) in [5.74, 6) is -2.78. The Morgan fingerprint density at radius 2 is 1.52 bits per heavy atom. The van der Waals surface area contributed by atoms with Crippen molar-refractivity contribution in [3.63, 3.8) is 0 Å². The van der Waals surface area contributed by atoms with E-state index in [0.717, 1.165) is 0 Å². The van der Waals surface area contributed by atoms with Crippen molar-refractivity contribution in [3.05, 3.63) is 0 Å².